The molecule has 0 bridgehead atoms. The lowest BCUT2D eigenvalue weighted by Gasteiger charge is -2.38. The molecule has 0 fully saturated rings. The maximum Gasteiger partial charge on any atom is 0.242 e. The SMILES string of the molecule is CCCCC(=O)N(CCCC)CC(=O)N1CCc2sccc2[C@H]1c1ccccc1C. The number of nitrogens with zero attached hydrogens (tertiary/aromatic N) is 2. The van der Waals surface area contributed by atoms with Gasteiger partial charge in [0.2, 0.25) is 11.8 Å². The molecule has 0 radical (unpaired) electrons. The molecule has 162 valence electrons. The Morgan fingerprint density at radius 1 is 1.10 bits per heavy atom. The summed E-state index contributed by atoms with van der Waals surface area (Å²) in [6, 6.07) is 10.4. The molecular formula is C25H34N2O2S. The summed E-state index contributed by atoms with van der Waals surface area (Å²) in [7, 11) is 0. The molecular weight excluding hydrogens is 392 g/mol. The highest BCUT2D eigenvalue weighted by Crippen LogP contribution is 2.39. The predicted octanol–water partition coefficient (Wildman–Crippen LogP) is 5.35. The number of aryl methyl sites for hydroxylation is 1. The van der Waals surface area contributed by atoms with Gasteiger partial charge in [0.15, 0.2) is 0 Å². The molecule has 0 saturated carbocycles. The average molecular weight is 427 g/mol. The highest BCUT2D eigenvalue weighted by atomic mass is 32.1. The van der Waals surface area contributed by atoms with Crippen molar-refractivity contribution in [3.8, 4) is 0 Å². The van der Waals surface area contributed by atoms with Crippen LogP contribution in [0.3, 0.4) is 0 Å². The fourth-order valence-electron chi connectivity index (χ4n) is 4.20. The third kappa shape index (κ3) is 5.12. The summed E-state index contributed by atoms with van der Waals surface area (Å²) in [5.74, 6) is 0.167. The minimum Gasteiger partial charge on any atom is -0.333 e. The van der Waals surface area contributed by atoms with Gasteiger partial charge in [-0.15, -0.1) is 11.3 Å². The maximum atomic E-state index is 13.5. The Balaban J connectivity index is 1.85. The van der Waals surface area contributed by atoms with Gasteiger partial charge in [-0.2, -0.15) is 0 Å². The number of rotatable bonds is 9. The zero-order valence-corrected chi connectivity index (χ0v) is 19.3. The van der Waals surface area contributed by atoms with Crippen LogP contribution in [0.2, 0.25) is 0 Å². The number of thiophene rings is 1. The standard InChI is InChI=1S/C25H34N2O2S/c1-4-6-12-23(28)26(15-7-5-2)18-24(29)27-16-13-22-21(14-17-30-22)25(27)20-11-9-8-10-19(20)3/h8-11,14,17,25H,4-7,12-13,15-16,18H2,1-3H3/t25-/m1/s1. The van der Waals surface area contributed by atoms with Gasteiger partial charge in [0, 0.05) is 24.4 Å². The van der Waals surface area contributed by atoms with Crippen LogP contribution in [0.15, 0.2) is 35.7 Å². The van der Waals surface area contributed by atoms with Crippen LogP contribution in [-0.4, -0.2) is 41.2 Å². The van der Waals surface area contributed by atoms with Crippen molar-refractivity contribution >= 4 is 23.2 Å². The molecule has 30 heavy (non-hydrogen) atoms. The average Bonchev–Trinajstić information content (AvgIpc) is 3.23. The summed E-state index contributed by atoms with van der Waals surface area (Å²) in [5, 5.41) is 2.13. The summed E-state index contributed by atoms with van der Waals surface area (Å²) in [5.41, 5.74) is 3.62. The van der Waals surface area contributed by atoms with Gasteiger partial charge in [-0.3, -0.25) is 9.59 Å². The van der Waals surface area contributed by atoms with E-state index in [0.29, 0.717) is 19.5 Å². The van der Waals surface area contributed by atoms with Gasteiger partial charge in [-0.1, -0.05) is 51.0 Å². The third-order valence-electron chi connectivity index (χ3n) is 5.97. The summed E-state index contributed by atoms with van der Waals surface area (Å²) in [6.45, 7) is 7.87. The van der Waals surface area contributed by atoms with Crippen molar-refractivity contribution < 1.29 is 9.59 Å². The number of fused-ring (bicyclic) bond motifs is 1. The van der Waals surface area contributed by atoms with Crippen LogP contribution in [0.25, 0.3) is 0 Å². The van der Waals surface area contributed by atoms with Gasteiger partial charge in [0.05, 0.1) is 12.6 Å². The van der Waals surface area contributed by atoms with E-state index in [-0.39, 0.29) is 24.4 Å². The van der Waals surface area contributed by atoms with E-state index in [1.54, 1.807) is 16.2 Å². The lowest BCUT2D eigenvalue weighted by Crippen LogP contribution is -2.47. The van der Waals surface area contributed by atoms with Crippen molar-refractivity contribution in [1.29, 1.82) is 0 Å². The fourth-order valence-corrected chi connectivity index (χ4v) is 5.10. The first-order valence-corrected chi connectivity index (χ1v) is 12.1. The van der Waals surface area contributed by atoms with E-state index in [1.165, 1.54) is 21.6 Å². The lowest BCUT2D eigenvalue weighted by molar-refractivity contribution is -0.141. The molecule has 1 aliphatic rings. The highest BCUT2D eigenvalue weighted by molar-refractivity contribution is 7.10. The first-order chi connectivity index (χ1) is 14.6. The number of hydrogen-bond acceptors (Lipinski definition) is 3. The number of carbonyl (C=O) groups is 2. The number of amides is 2. The van der Waals surface area contributed by atoms with Crippen molar-refractivity contribution in [1.82, 2.24) is 9.80 Å². The molecule has 2 heterocycles. The molecule has 0 unspecified atom stereocenters. The van der Waals surface area contributed by atoms with Crippen LogP contribution in [0.4, 0.5) is 0 Å². The first kappa shape index (κ1) is 22.5. The summed E-state index contributed by atoms with van der Waals surface area (Å²) >= 11 is 1.78. The minimum atomic E-state index is -0.0625. The zero-order chi connectivity index (χ0) is 21.5. The van der Waals surface area contributed by atoms with Gasteiger partial charge >= 0.3 is 0 Å². The monoisotopic (exact) mass is 426 g/mol. The number of carbonyl (C=O) groups excluding carboxylic acids is 2. The Bertz CT molecular complexity index is 860. The van der Waals surface area contributed by atoms with Crippen LogP contribution < -0.4 is 0 Å². The van der Waals surface area contributed by atoms with Crippen molar-refractivity contribution in [2.45, 2.75) is 65.3 Å². The zero-order valence-electron chi connectivity index (χ0n) is 18.5. The quantitative estimate of drug-likeness (QED) is 0.542. The van der Waals surface area contributed by atoms with Gasteiger partial charge in [-0.05, 0) is 54.3 Å². The van der Waals surface area contributed by atoms with Gasteiger partial charge in [0.25, 0.3) is 0 Å². The fraction of sp³-hybridized carbons (Fsp3) is 0.520. The summed E-state index contributed by atoms with van der Waals surface area (Å²) in [4.78, 5) is 31.4. The molecule has 0 saturated heterocycles. The largest absolute Gasteiger partial charge is 0.333 e. The van der Waals surface area contributed by atoms with E-state index >= 15 is 0 Å². The van der Waals surface area contributed by atoms with E-state index in [0.717, 1.165) is 32.1 Å². The topological polar surface area (TPSA) is 40.6 Å². The molecule has 1 aromatic carbocycles. The van der Waals surface area contributed by atoms with Gasteiger partial charge in [-0.25, -0.2) is 0 Å². The highest BCUT2D eigenvalue weighted by Gasteiger charge is 2.34. The molecule has 1 atom stereocenters. The predicted molar refractivity (Wildman–Crippen MR) is 124 cm³/mol. The first-order valence-electron chi connectivity index (χ1n) is 11.3. The van der Waals surface area contributed by atoms with Crippen LogP contribution >= 0.6 is 11.3 Å². The Kier molecular flexibility index (Phi) is 8.08. The second-order valence-electron chi connectivity index (χ2n) is 8.17. The second kappa shape index (κ2) is 10.8. The molecule has 0 N–H and O–H groups in total. The van der Waals surface area contributed by atoms with E-state index in [9.17, 15) is 9.59 Å². The van der Waals surface area contributed by atoms with Gasteiger partial charge < -0.3 is 9.80 Å². The molecule has 0 spiro atoms. The van der Waals surface area contributed by atoms with Crippen LogP contribution in [0.1, 0.15) is 73.6 Å². The normalized spacial score (nSPS) is 15.7. The smallest absolute Gasteiger partial charge is 0.242 e. The Hall–Kier alpha value is -2.14. The second-order valence-corrected chi connectivity index (χ2v) is 9.17. The van der Waals surface area contributed by atoms with Crippen molar-refractivity contribution in [2.24, 2.45) is 0 Å². The van der Waals surface area contributed by atoms with E-state index < -0.39 is 0 Å². The third-order valence-corrected chi connectivity index (χ3v) is 6.97. The van der Waals surface area contributed by atoms with Crippen LogP contribution in [0, 0.1) is 6.92 Å². The molecule has 2 aromatic rings. The summed E-state index contributed by atoms with van der Waals surface area (Å²) < 4.78 is 0. The van der Waals surface area contributed by atoms with Crippen LogP contribution in [-0.2, 0) is 16.0 Å². The number of hydrogen-bond donors (Lipinski definition) is 0. The Morgan fingerprint density at radius 2 is 1.87 bits per heavy atom. The van der Waals surface area contributed by atoms with E-state index in [1.807, 2.05) is 17.0 Å². The Morgan fingerprint density at radius 3 is 2.60 bits per heavy atom. The molecule has 1 aliphatic heterocycles. The maximum absolute atomic E-state index is 13.5. The van der Waals surface area contributed by atoms with Crippen LogP contribution in [0.5, 0.6) is 0 Å². The summed E-state index contributed by atoms with van der Waals surface area (Å²) in [6.07, 6.45) is 5.23. The van der Waals surface area contributed by atoms with Crippen molar-refractivity contribution in [3.05, 3.63) is 57.3 Å². The number of benzene rings is 1. The van der Waals surface area contributed by atoms with Gasteiger partial charge in [0.1, 0.15) is 0 Å². The van der Waals surface area contributed by atoms with E-state index in [4.69, 9.17) is 0 Å². The molecule has 3 rings (SSSR count). The van der Waals surface area contributed by atoms with Crippen molar-refractivity contribution in [3.63, 3.8) is 0 Å². The molecule has 1 aromatic heterocycles. The molecule has 0 aliphatic carbocycles. The van der Waals surface area contributed by atoms with Crippen molar-refractivity contribution in [2.75, 3.05) is 19.6 Å². The minimum absolute atomic E-state index is 0.0565. The Labute approximate surface area is 184 Å². The molecule has 5 heteroatoms. The lowest BCUT2D eigenvalue weighted by atomic mass is 9.90. The number of unbranched alkanes of at least 4 members (excludes halogenated alkanes) is 2. The van der Waals surface area contributed by atoms with E-state index in [2.05, 4.69) is 44.4 Å². The molecule has 4 nitrogen and oxygen atoms in total. The molecule has 2 amide bonds.